The molecule has 0 saturated heterocycles. The van der Waals surface area contributed by atoms with Gasteiger partial charge in [-0.1, -0.05) is 11.6 Å². The van der Waals surface area contributed by atoms with Gasteiger partial charge in [0.1, 0.15) is 47.6 Å². The summed E-state index contributed by atoms with van der Waals surface area (Å²) in [5.41, 5.74) is 2.28. The van der Waals surface area contributed by atoms with Crippen LogP contribution in [-0.4, -0.2) is 4.57 Å². The Labute approximate surface area is 230 Å². The normalized spacial score (nSPS) is 9.55. The Kier molecular flexibility index (Phi) is 7.52. The number of hydrogen-bond donors (Lipinski definition) is 0. The first-order valence-electron chi connectivity index (χ1n) is 10.6. The molecule has 0 bridgehead atoms. The van der Waals surface area contributed by atoms with Crippen molar-refractivity contribution in [1.29, 1.82) is 31.6 Å². The Morgan fingerprint density at radius 3 is 1.37 bits per heavy atom. The predicted molar refractivity (Wildman–Crippen MR) is 145 cm³/mol. The lowest BCUT2D eigenvalue weighted by atomic mass is 10.0. The summed E-state index contributed by atoms with van der Waals surface area (Å²) in [6.07, 6.45) is 0. The molecule has 4 aromatic rings. The Morgan fingerprint density at radius 1 is 0.579 bits per heavy atom. The van der Waals surface area contributed by atoms with Crippen LogP contribution < -0.4 is 0 Å². The molecule has 4 rings (SSSR count). The fourth-order valence-corrected chi connectivity index (χ4v) is 5.80. The maximum Gasteiger partial charge on any atom is 0.148 e. The van der Waals surface area contributed by atoms with Crippen LogP contribution in [0.1, 0.15) is 11.1 Å². The van der Waals surface area contributed by atoms with Gasteiger partial charge in [-0.2, -0.15) is 31.6 Å². The van der Waals surface area contributed by atoms with Gasteiger partial charge in [0.2, 0.25) is 0 Å². The van der Waals surface area contributed by atoms with Crippen molar-refractivity contribution in [1.82, 2.24) is 4.57 Å². The van der Waals surface area contributed by atoms with E-state index < -0.39 is 0 Å². The first-order valence-corrected chi connectivity index (χ1v) is 12.7. The molecule has 0 atom stereocenters. The zero-order valence-corrected chi connectivity index (χ0v) is 21.5. The molecule has 0 saturated carbocycles. The number of halogens is 1. The van der Waals surface area contributed by atoms with E-state index >= 15 is 0 Å². The second-order valence-electron chi connectivity index (χ2n) is 7.41. The SMILES string of the molecule is N#CC(C#N)=C(C#N)c1ccsc1-c1ccc(-c2sccc2C(C#N)=C(C#N)C#N)n1-c1ccc(Cl)cc1. The third-order valence-electron chi connectivity index (χ3n) is 5.47. The molecule has 7 nitrogen and oxygen atoms in total. The van der Waals surface area contributed by atoms with E-state index in [2.05, 4.69) is 0 Å². The molecule has 1 aromatic carbocycles. The average Bonchev–Trinajstić information content (AvgIpc) is 3.70. The highest BCUT2D eigenvalue weighted by Crippen LogP contribution is 2.43. The van der Waals surface area contributed by atoms with Crippen LogP contribution in [0.3, 0.4) is 0 Å². The number of rotatable bonds is 5. The van der Waals surface area contributed by atoms with Gasteiger partial charge in [0.15, 0.2) is 0 Å². The molecule has 10 heteroatoms. The summed E-state index contributed by atoms with van der Waals surface area (Å²) in [5.74, 6) is 0. The van der Waals surface area contributed by atoms with Crippen LogP contribution in [0.5, 0.6) is 0 Å². The zero-order valence-electron chi connectivity index (χ0n) is 19.1. The van der Waals surface area contributed by atoms with Gasteiger partial charge in [0.05, 0.1) is 32.3 Å². The van der Waals surface area contributed by atoms with Gasteiger partial charge in [-0.3, -0.25) is 0 Å². The fourth-order valence-electron chi connectivity index (χ4n) is 3.84. The van der Waals surface area contributed by atoms with Gasteiger partial charge in [0.25, 0.3) is 0 Å². The van der Waals surface area contributed by atoms with Crippen molar-refractivity contribution >= 4 is 45.4 Å². The lowest BCUT2D eigenvalue weighted by Crippen LogP contribution is -2.00. The minimum absolute atomic E-state index is 0.0316. The standard InChI is InChI=1S/C28H10ClN7S2/c29-19-1-3-20(4-2-19)36-25(27-21(7-9-37-27)23(15-34)17(11-30)12-31)5-6-26(36)28-22(8-10-38-28)24(16-35)18(13-32)14-33/h1-10H. The fraction of sp³-hybridized carbons (Fsp3) is 0. The quantitative estimate of drug-likeness (QED) is 0.242. The Balaban J connectivity index is 2.06. The van der Waals surface area contributed by atoms with Crippen LogP contribution in [0.15, 0.2) is 70.4 Å². The summed E-state index contributed by atoms with van der Waals surface area (Å²) in [6, 6.07) is 25.2. The minimum atomic E-state index is -0.290. The number of allylic oxidation sites excluding steroid dienone is 4. The highest BCUT2D eigenvalue weighted by atomic mass is 35.5. The van der Waals surface area contributed by atoms with E-state index in [0.29, 0.717) is 37.3 Å². The van der Waals surface area contributed by atoms with Crippen LogP contribution in [0.25, 0.3) is 38.0 Å². The number of aromatic nitrogens is 1. The largest absolute Gasteiger partial charge is 0.308 e. The lowest BCUT2D eigenvalue weighted by Gasteiger charge is -2.15. The molecule has 176 valence electrons. The van der Waals surface area contributed by atoms with E-state index in [-0.39, 0.29) is 22.3 Å². The first-order chi connectivity index (χ1) is 18.5. The van der Waals surface area contributed by atoms with Gasteiger partial charge in [-0.15, -0.1) is 22.7 Å². The van der Waals surface area contributed by atoms with Gasteiger partial charge in [0, 0.05) is 21.8 Å². The summed E-state index contributed by atoms with van der Waals surface area (Å²) in [4.78, 5) is 1.30. The molecule has 0 amide bonds. The lowest BCUT2D eigenvalue weighted by molar-refractivity contribution is 1.10. The van der Waals surface area contributed by atoms with Gasteiger partial charge in [-0.25, -0.2) is 0 Å². The van der Waals surface area contributed by atoms with Gasteiger partial charge < -0.3 is 4.57 Å². The van der Waals surface area contributed by atoms with E-state index in [4.69, 9.17) is 11.6 Å². The Bertz CT molecular complexity index is 1740. The highest BCUT2D eigenvalue weighted by molar-refractivity contribution is 7.14. The number of hydrogen-bond acceptors (Lipinski definition) is 8. The van der Waals surface area contributed by atoms with Crippen molar-refractivity contribution in [2.24, 2.45) is 0 Å². The van der Waals surface area contributed by atoms with E-state index in [1.54, 1.807) is 59.3 Å². The molecule has 0 aliphatic rings. The van der Waals surface area contributed by atoms with E-state index in [1.165, 1.54) is 22.7 Å². The maximum absolute atomic E-state index is 9.78. The van der Waals surface area contributed by atoms with Crippen molar-refractivity contribution in [3.63, 3.8) is 0 Å². The molecular weight excluding hydrogens is 534 g/mol. The summed E-state index contributed by atoms with van der Waals surface area (Å²) in [7, 11) is 0. The summed E-state index contributed by atoms with van der Waals surface area (Å²) >= 11 is 8.82. The second-order valence-corrected chi connectivity index (χ2v) is 9.68. The van der Waals surface area contributed by atoms with Crippen molar-refractivity contribution in [3.05, 3.63) is 86.6 Å². The van der Waals surface area contributed by atoms with E-state index in [1.807, 2.05) is 41.0 Å². The summed E-state index contributed by atoms with van der Waals surface area (Å²) in [6.45, 7) is 0. The minimum Gasteiger partial charge on any atom is -0.308 e. The zero-order chi connectivity index (χ0) is 27.2. The molecule has 0 N–H and O–H groups in total. The third kappa shape index (κ3) is 4.46. The highest BCUT2D eigenvalue weighted by Gasteiger charge is 2.24. The molecule has 0 spiro atoms. The molecule has 0 radical (unpaired) electrons. The van der Waals surface area contributed by atoms with Crippen LogP contribution in [0.4, 0.5) is 0 Å². The molecule has 38 heavy (non-hydrogen) atoms. The van der Waals surface area contributed by atoms with Gasteiger partial charge >= 0.3 is 0 Å². The summed E-state index contributed by atoms with van der Waals surface area (Å²) in [5, 5.41) is 61.2. The Hall–Kier alpha value is -5.39. The molecule has 3 heterocycles. The number of benzene rings is 1. The maximum atomic E-state index is 9.78. The average molecular weight is 544 g/mol. The smallest absolute Gasteiger partial charge is 0.148 e. The van der Waals surface area contributed by atoms with Crippen LogP contribution in [-0.2, 0) is 0 Å². The monoisotopic (exact) mass is 543 g/mol. The number of thiophene rings is 2. The Morgan fingerprint density at radius 2 is 1.00 bits per heavy atom. The first kappa shape index (κ1) is 25.7. The van der Waals surface area contributed by atoms with Crippen molar-refractivity contribution in [3.8, 4) is 63.2 Å². The van der Waals surface area contributed by atoms with Crippen molar-refractivity contribution < 1.29 is 0 Å². The second kappa shape index (κ2) is 11.1. The van der Waals surface area contributed by atoms with Crippen LogP contribution in [0.2, 0.25) is 5.02 Å². The molecule has 0 fully saturated rings. The topological polar surface area (TPSA) is 148 Å². The summed E-state index contributed by atoms with van der Waals surface area (Å²) < 4.78 is 1.90. The molecular formula is C28H10ClN7S2. The predicted octanol–water partition coefficient (Wildman–Crippen LogP) is 7.24. The van der Waals surface area contributed by atoms with Gasteiger partial charge in [-0.05, 0) is 59.3 Å². The molecule has 0 aliphatic carbocycles. The van der Waals surface area contributed by atoms with E-state index in [0.717, 1.165) is 5.69 Å². The third-order valence-corrected chi connectivity index (χ3v) is 7.60. The molecule has 3 aromatic heterocycles. The van der Waals surface area contributed by atoms with Crippen LogP contribution in [0, 0.1) is 68.0 Å². The number of nitriles is 6. The molecule has 0 aliphatic heterocycles. The van der Waals surface area contributed by atoms with Crippen LogP contribution >= 0.6 is 34.3 Å². The van der Waals surface area contributed by atoms with Crippen molar-refractivity contribution in [2.75, 3.05) is 0 Å². The van der Waals surface area contributed by atoms with Crippen molar-refractivity contribution in [2.45, 2.75) is 0 Å². The van der Waals surface area contributed by atoms with E-state index in [9.17, 15) is 31.6 Å². The number of nitrogens with zero attached hydrogens (tertiary/aromatic N) is 7. The molecule has 0 unspecified atom stereocenters.